The molecule has 8 heteroatoms. The van der Waals surface area contributed by atoms with Crippen LogP contribution in [0.15, 0.2) is 52.0 Å². The molecule has 0 amide bonds. The first-order valence-electron chi connectivity index (χ1n) is 7.88. The van der Waals surface area contributed by atoms with E-state index in [-0.39, 0.29) is 17.6 Å². The van der Waals surface area contributed by atoms with Gasteiger partial charge in [0.2, 0.25) is 0 Å². The van der Waals surface area contributed by atoms with Crippen LogP contribution in [0.3, 0.4) is 0 Å². The molecule has 0 radical (unpaired) electrons. The molecule has 1 fully saturated rings. The topological polar surface area (TPSA) is 68.7 Å². The Hall–Kier alpha value is -1.48. The van der Waals surface area contributed by atoms with Crippen molar-refractivity contribution in [1.29, 1.82) is 0 Å². The molecule has 2 aromatic rings. The summed E-state index contributed by atoms with van der Waals surface area (Å²) in [5, 5.41) is 0. The summed E-state index contributed by atoms with van der Waals surface area (Å²) in [4.78, 5) is 6.55. The number of anilines is 1. The van der Waals surface area contributed by atoms with Gasteiger partial charge in [0.1, 0.15) is 5.82 Å². The van der Waals surface area contributed by atoms with E-state index in [9.17, 15) is 8.42 Å². The van der Waals surface area contributed by atoms with Gasteiger partial charge in [-0.2, -0.15) is 8.42 Å². The van der Waals surface area contributed by atoms with E-state index >= 15 is 0 Å². The number of ether oxygens (including phenoxy) is 1. The number of halogens is 1. The molecule has 0 unspecified atom stereocenters. The Morgan fingerprint density at radius 1 is 1.32 bits per heavy atom. The summed E-state index contributed by atoms with van der Waals surface area (Å²) >= 11 is 3.43. The summed E-state index contributed by atoms with van der Waals surface area (Å²) in [5.41, 5.74) is 0.992. The molecule has 0 spiro atoms. The number of aryl methyl sites for hydroxylation is 1. The molecule has 2 heterocycles. The minimum Gasteiger partial charge on any atom is -0.372 e. The maximum absolute atomic E-state index is 12.3. The van der Waals surface area contributed by atoms with Crippen LogP contribution in [-0.2, 0) is 19.0 Å². The Kier molecular flexibility index (Phi) is 5.73. The van der Waals surface area contributed by atoms with Gasteiger partial charge in [0.05, 0.1) is 24.2 Å². The van der Waals surface area contributed by atoms with Crippen molar-refractivity contribution in [3.63, 3.8) is 0 Å². The molecule has 0 bridgehead atoms. The number of rotatable bonds is 5. The maximum atomic E-state index is 12.3. The number of hydrogen-bond donors (Lipinski definition) is 0. The van der Waals surface area contributed by atoms with Crippen LogP contribution in [0.1, 0.15) is 5.56 Å². The Morgan fingerprint density at radius 2 is 2.08 bits per heavy atom. The van der Waals surface area contributed by atoms with Crippen molar-refractivity contribution in [2.75, 3.05) is 31.2 Å². The lowest BCUT2D eigenvalue weighted by Crippen LogP contribution is -2.45. The molecule has 1 aliphatic heterocycles. The van der Waals surface area contributed by atoms with E-state index in [0.29, 0.717) is 19.7 Å². The van der Waals surface area contributed by atoms with Gasteiger partial charge in [-0.1, -0.05) is 33.6 Å². The normalized spacial score (nSPS) is 18.3. The zero-order chi connectivity index (χ0) is 17.9. The van der Waals surface area contributed by atoms with E-state index in [1.54, 1.807) is 30.5 Å². The van der Waals surface area contributed by atoms with Crippen molar-refractivity contribution in [2.24, 2.45) is 0 Å². The van der Waals surface area contributed by atoms with Crippen LogP contribution >= 0.6 is 15.9 Å². The smallest absolute Gasteiger partial charge is 0.297 e. The minimum atomic E-state index is -3.79. The maximum Gasteiger partial charge on any atom is 0.297 e. The molecule has 25 heavy (non-hydrogen) atoms. The molecule has 6 nitrogen and oxygen atoms in total. The number of hydrogen-bond acceptors (Lipinski definition) is 6. The number of aromatic nitrogens is 1. The second-order valence-electron chi connectivity index (χ2n) is 5.82. The van der Waals surface area contributed by atoms with Gasteiger partial charge in [0.15, 0.2) is 0 Å². The first-order valence-corrected chi connectivity index (χ1v) is 10.1. The quantitative estimate of drug-likeness (QED) is 0.684. The molecule has 3 rings (SSSR count). The second kappa shape index (κ2) is 7.82. The van der Waals surface area contributed by atoms with Crippen molar-refractivity contribution >= 4 is 31.9 Å². The summed E-state index contributed by atoms with van der Waals surface area (Å²) in [6.45, 7) is 3.59. The number of benzene rings is 1. The highest BCUT2D eigenvalue weighted by molar-refractivity contribution is 9.10. The predicted molar refractivity (Wildman–Crippen MR) is 98.2 cm³/mol. The standard InChI is InChI=1S/C17H19BrN2O4S/c1-13-2-4-16(5-3-13)25(21,22)24-12-15-11-20(8-9-23-15)17-10-14(18)6-7-19-17/h2-7,10,15H,8-9,11-12H2,1H3/t15-/m1/s1. The lowest BCUT2D eigenvalue weighted by Gasteiger charge is -2.33. The van der Waals surface area contributed by atoms with Gasteiger partial charge in [0.25, 0.3) is 10.1 Å². The van der Waals surface area contributed by atoms with Crippen molar-refractivity contribution in [1.82, 2.24) is 4.98 Å². The molecule has 0 N–H and O–H groups in total. The predicted octanol–water partition coefficient (Wildman–Crippen LogP) is 2.76. The van der Waals surface area contributed by atoms with Gasteiger partial charge in [-0.15, -0.1) is 0 Å². The minimum absolute atomic E-state index is 0.0271. The molecule has 134 valence electrons. The SMILES string of the molecule is Cc1ccc(S(=O)(=O)OC[C@H]2CN(c3cc(Br)ccn3)CCO2)cc1. The number of morpholine rings is 1. The third-order valence-electron chi connectivity index (χ3n) is 3.89. The van der Waals surface area contributed by atoms with E-state index in [2.05, 4.69) is 25.8 Å². The van der Waals surface area contributed by atoms with Crippen molar-refractivity contribution < 1.29 is 17.3 Å². The van der Waals surface area contributed by atoms with Gasteiger partial charge in [0, 0.05) is 23.8 Å². The first kappa shape index (κ1) is 18.3. The fourth-order valence-corrected chi connectivity index (χ4v) is 3.79. The molecule has 0 aliphatic carbocycles. The van der Waals surface area contributed by atoms with Gasteiger partial charge < -0.3 is 9.64 Å². The molecule has 1 saturated heterocycles. The Balaban J connectivity index is 1.62. The zero-order valence-corrected chi connectivity index (χ0v) is 16.2. The monoisotopic (exact) mass is 426 g/mol. The molecule has 1 aromatic heterocycles. The van der Waals surface area contributed by atoms with Crippen LogP contribution in [-0.4, -0.2) is 45.8 Å². The summed E-state index contributed by atoms with van der Waals surface area (Å²) in [7, 11) is -3.79. The summed E-state index contributed by atoms with van der Waals surface area (Å²) in [6, 6.07) is 10.4. The lowest BCUT2D eigenvalue weighted by molar-refractivity contribution is 0.0115. The first-order chi connectivity index (χ1) is 11.9. The highest BCUT2D eigenvalue weighted by atomic mass is 79.9. The fraction of sp³-hybridized carbons (Fsp3) is 0.353. The number of pyridine rings is 1. The van der Waals surface area contributed by atoms with Crippen LogP contribution in [0, 0.1) is 6.92 Å². The summed E-state index contributed by atoms with van der Waals surface area (Å²) in [5.74, 6) is 0.823. The fourth-order valence-electron chi connectivity index (χ4n) is 2.53. The van der Waals surface area contributed by atoms with E-state index in [1.165, 1.54) is 0 Å². The van der Waals surface area contributed by atoms with Crippen LogP contribution in [0.2, 0.25) is 0 Å². The highest BCUT2D eigenvalue weighted by Gasteiger charge is 2.25. The van der Waals surface area contributed by atoms with E-state index in [4.69, 9.17) is 8.92 Å². The Morgan fingerprint density at radius 3 is 2.80 bits per heavy atom. The zero-order valence-electron chi connectivity index (χ0n) is 13.8. The van der Waals surface area contributed by atoms with Crippen molar-refractivity contribution in [3.05, 3.63) is 52.6 Å². The van der Waals surface area contributed by atoms with Crippen molar-refractivity contribution in [2.45, 2.75) is 17.9 Å². The van der Waals surface area contributed by atoms with Crippen LogP contribution in [0.4, 0.5) is 5.82 Å². The molecular formula is C17H19BrN2O4S. The largest absolute Gasteiger partial charge is 0.372 e. The highest BCUT2D eigenvalue weighted by Crippen LogP contribution is 2.20. The van der Waals surface area contributed by atoms with Crippen LogP contribution < -0.4 is 4.90 Å². The van der Waals surface area contributed by atoms with E-state index < -0.39 is 10.1 Å². The molecule has 1 aliphatic rings. The third kappa shape index (κ3) is 4.78. The Labute approximate surface area is 156 Å². The summed E-state index contributed by atoms with van der Waals surface area (Å²) in [6.07, 6.45) is 1.39. The molecule has 1 aromatic carbocycles. The lowest BCUT2D eigenvalue weighted by atomic mass is 10.2. The van der Waals surface area contributed by atoms with E-state index in [0.717, 1.165) is 15.9 Å². The average Bonchev–Trinajstić information content (AvgIpc) is 2.61. The van der Waals surface area contributed by atoms with Crippen LogP contribution in [0.25, 0.3) is 0 Å². The van der Waals surface area contributed by atoms with E-state index in [1.807, 2.05) is 19.1 Å². The third-order valence-corrected chi connectivity index (χ3v) is 5.68. The van der Waals surface area contributed by atoms with Gasteiger partial charge in [-0.05, 0) is 31.2 Å². The summed E-state index contributed by atoms with van der Waals surface area (Å²) < 4.78 is 36.3. The van der Waals surface area contributed by atoms with Gasteiger partial charge >= 0.3 is 0 Å². The number of nitrogens with zero attached hydrogens (tertiary/aromatic N) is 2. The van der Waals surface area contributed by atoms with Gasteiger partial charge in [-0.25, -0.2) is 4.98 Å². The molecular weight excluding hydrogens is 408 g/mol. The second-order valence-corrected chi connectivity index (χ2v) is 8.35. The van der Waals surface area contributed by atoms with Gasteiger partial charge in [-0.3, -0.25) is 4.18 Å². The van der Waals surface area contributed by atoms with Crippen LogP contribution in [0.5, 0.6) is 0 Å². The average molecular weight is 427 g/mol. The van der Waals surface area contributed by atoms with Crippen molar-refractivity contribution in [3.8, 4) is 0 Å². The Bertz CT molecular complexity index is 827. The molecule has 1 atom stereocenters. The molecule has 0 saturated carbocycles.